The lowest BCUT2D eigenvalue weighted by atomic mass is 10.1. The molecule has 0 heterocycles. The van der Waals surface area contributed by atoms with E-state index in [-0.39, 0.29) is 0 Å². The minimum Gasteiger partial charge on any atom is -0.493 e. The van der Waals surface area contributed by atoms with Gasteiger partial charge in [-0.2, -0.15) is 0 Å². The largest absolute Gasteiger partial charge is 0.493 e. The maximum absolute atomic E-state index is 5.35. The van der Waals surface area contributed by atoms with Crippen LogP contribution in [0.5, 0.6) is 11.5 Å². The van der Waals surface area contributed by atoms with Crippen molar-refractivity contribution < 1.29 is 9.47 Å². The average molecular weight is 285 g/mol. The Labute approximate surface area is 126 Å². The molecule has 0 fully saturated rings. The predicted octanol–water partition coefficient (Wildman–Crippen LogP) is 4.19. The Morgan fingerprint density at radius 1 is 0.905 bits per heavy atom. The van der Waals surface area contributed by atoms with E-state index in [1.807, 2.05) is 12.1 Å². The minimum atomic E-state index is 0.743. The van der Waals surface area contributed by atoms with Gasteiger partial charge in [-0.25, -0.2) is 0 Å². The average Bonchev–Trinajstić information content (AvgIpc) is 2.53. The summed E-state index contributed by atoms with van der Waals surface area (Å²) in [6, 6.07) is 12.7. The van der Waals surface area contributed by atoms with Crippen LogP contribution in [0.3, 0.4) is 0 Å². The maximum atomic E-state index is 5.35. The summed E-state index contributed by atoms with van der Waals surface area (Å²) < 4.78 is 10.7. The summed E-state index contributed by atoms with van der Waals surface area (Å²) in [4.78, 5) is 0. The molecule has 0 aliphatic heterocycles. The first kappa shape index (κ1) is 15.2. The Hall–Kier alpha value is -2.16. The van der Waals surface area contributed by atoms with Gasteiger partial charge in [-0.15, -0.1) is 0 Å². The Morgan fingerprint density at radius 2 is 1.48 bits per heavy atom. The topological polar surface area (TPSA) is 30.5 Å². The van der Waals surface area contributed by atoms with E-state index in [2.05, 4.69) is 43.4 Å². The highest BCUT2D eigenvalue weighted by Gasteiger charge is 2.08. The number of anilines is 1. The van der Waals surface area contributed by atoms with Crippen molar-refractivity contribution >= 4 is 5.69 Å². The predicted molar refractivity (Wildman–Crippen MR) is 87.4 cm³/mol. The standard InChI is InChI=1S/C18H23NO2/c1-5-14-6-8-15(9-7-14)12-19-16-11-18(21-4)17(20-3)10-13(16)2/h6-11,19H,5,12H2,1-4H3. The summed E-state index contributed by atoms with van der Waals surface area (Å²) >= 11 is 0. The van der Waals surface area contributed by atoms with E-state index >= 15 is 0 Å². The summed E-state index contributed by atoms with van der Waals surface area (Å²) in [7, 11) is 3.31. The quantitative estimate of drug-likeness (QED) is 0.863. The van der Waals surface area contributed by atoms with Gasteiger partial charge in [0.05, 0.1) is 14.2 Å². The third-order valence-corrected chi connectivity index (χ3v) is 3.64. The Bertz CT molecular complexity index is 591. The molecule has 21 heavy (non-hydrogen) atoms. The molecule has 2 rings (SSSR count). The van der Waals surface area contributed by atoms with Crippen LogP contribution in [0.4, 0.5) is 5.69 Å². The van der Waals surface area contributed by atoms with Crippen LogP contribution >= 0.6 is 0 Å². The third kappa shape index (κ3) is 3.69. The van der Waals surface area contributed by atoms with Crippen LogP contribution in [-0.2, 0) is 13.0 Å². The molecule has 0 aliphatic rings. The number of ether oxygens (including phenoxy) is 2. The Balaban J connectivity index is 2.11. The molecule has 112 valence electrons. The highest BCUT2D eigenvalue weighted by Crippen LogP contribution is 2.33. The van der Waals surface area contributed by atoms with Crippen LogP contribution in [0.25, 0.3) is 0 Å². The van der Waals surface area contributed by atoms with E-state index in [0.717, 1.165) is 35.7 Å². The Morgan fingerprint density at radius 3 is 2.05 bits per heavy atom. The fraction of sp³-hybridized carbons (Fsp3) is 0.333. The molecule has 0 saturated carbocycles. The summed E-state index contributed by atoms with van der Waals surface area (Å²) in [6.07, 6.45) is 1.07. The van der Waals surface area contributed by atoms with Crippen molar-refractivity contribution in [2.75, 3.05) is 19.5 Å². The number of benzene rings is 2. The van der Waals surface area contributed by atoms with E-state index in [0.29, 0.717) is 0 Å². The minimum absolute atomic E-state index is 0.743. The monoisotopic (exact) mass is 285 g/mol. The van der Waals surface area contributed by atoms with Gasteiger partial charge in [0.2, 0.25) is 0 Å². The molecule has 0 amide bonds. The fourth-order valence-electron chi connectivity index (χ4n) is 2.26. The van der Waals surface area contributed by atoms with Crippen LogP contribution in [0.1, 0.15) is 23.6 Å². The van der Waals surface area contributed by atoms with Gasteiger partial charge < -0.3 is 14.8 Å². The van der Waals surface area contributed by atoms with Gasteiger partial charge in [-0.05, 0) is 36.1 Å². The lowest BCUT2D eigenvalue weighted by Crippen LogP contribution is -2.02. The molecular formula is C18H23NO2. The Kier molecular flexibility index (Phi) is 5.09. The molecule has 3 heteroatoms. The summed E-state index contributed by atoms with van der Waals surface area (Å²) in [5.74, 6) is 1.50. The van der Waals surface area contributed by atoms with Gasteiger partial charge in [-0.1, -0.05) is 31.2 Å². The summed E-state index contributed by atoms with van der Waals surface area (Å²) in [6.45, 7) is 5.02. The van der Waals surface area contributed by atoms with Gasteiger partial charge in [-0.3, -0.25) is 0 Å². The number of hydrogen-bond acceptors (Lipinski definition) is 3. The second kappa shape index (κ2) is 7.02. The first-order valence-electron chi connectivity index (χ1n) is 7.22. The van der Waals surface area contributed by atoms with Gasteiger partial charge in [0.1, 0.15) is 0 Å². The molecule has 3 nitrogen and oxygen atoms in total. The normalized spacial score (nSPS) is 10.3. The van der Waals surface area contributed by atoms with Crippen molar-refractivity contribution in [1.29, 1.82) is 0 Å². The summed E-state index contributed by atoms with van der Waals surface area (Å²) in [5.41, 5.74) is 4.83. The molecule has 0 spiro atoms. The van der Waals surface area contributed by atoms with Crippen LogP contribution in [0, 0.1) is 6.92 Å². The molecule has 0 bridgehead atoms. The van der Waals surface area contributed by atoms with E-state index in [9.17, 15) is 0 Å². The zero-order chi connectivity index (χ0) is 15.2. The second-order valence-corrected chi connectivity index (χ2v) is 5.05. The first-order valence-corrected chi connectivity index (χ1v) is 7.22. The highest BCUT2D eigenvalue weighted by molar-refractivity contribution is 5.60. The van der Waals surface area contributed by atoms with Crippen molar-refractivity contribution in [3.63, 3.8) is 0 Å². The molecule has 1 N–H and O–H groups in total. The van der Waals surface area contributed by atoms with E-state index in [1.54, 1.807) is 14.2 Å². The number of methoxy groups -OCH3 is 2. The molecule has 0 unspecified atom stereocenters. The highest BCUT2D eigenvalue weighted by atomic mass is 16.5. The molecular weight excluding hydrogens is 262 g/mol. The zero-order valence-electron chi connectivity index (χ0n) is 13.2. The van der Waals surface area contributed by atoms with Gasteiger partial charge in [0.25, 0.3) is 0 Å². The molecule has 0 radical (unpaired) electrons. The number of hydrogen-bond donors (Lipinski definition) is 1. The van der Waals surface area contributed by atoms with Gasteiger partial charge in [0.15, 0.2) is 11.5 Å². The number of nitrogens with one attached hydrogen (secondary N) is 1. The SMILES string of the molecule is CCc1ccc(CNc2cc(OC)c(OC)cc2C)cc1. The van der Waals surface area contributed by atoms with Crippen molar-refractivity contribution in [3.05, 3.63) is 53.1 Å². The van der Waals surface area contributed by atoms with E-state index in [1.165, 1.54) is 11.1 Å². The van der Waals surface area contributed by atoms with Crippen molar-refractivity contribution in [2.24, 2.45) is 0 Å². The smallest absolute Gasteiger partial charge is 0.162 e. The molecule has 0 aromatic heterocycles. The number of rotatable bonds is 6. The van der Waals surface area contributed by atoms with Gasteiger partial charge >= 0.3 is 0 Å². The van der Waals surface area contributed by atoms with E-state index < -0.39 is 0 Å². The molecule has 0 atom stereocenters. The maximum Gasteiger partial charge on any atom is 0.162 e. The molecule has 0 aliphatic carbocycles. The van der Waals surface area contributed by atoms with Crippen LogP contribution in [0.15, 0.2) is 36.4 Å². The molecule has 0 saturated heterocycles. The van der Waals surface area contributed by atoms with Crippen LogP contribution < -0.4 is 14.8 Å². The lowest BCUT2D eigenvalue weighted by molar-refractivity contribution is 0.355. The second-order valence-electron chi connectivity index (χ2n) is 5.05. The fourth-order valence-corrected chi connectivity index (χ4v) is 2.26. The van der Waals surface area contributed by atoms with Crippen molar-refractivity contribution in [3.8, 4) is 11.5 Å². The lowest BCUT2D eigenvalue weighted by Gasteiger charge is -2.14. The van der Waals surface area contributed by atoms with Crippen molar-refractivity contribution in [2.45, 2.75) is 26.8 Å². The van der Waals surface area contributed by atoms with E-state index in [4.69, 9.17) is 9.47 Å². The molecule has 2 aromatic carbocycles. The van der Waals surface area contributed by atoms with Crippen LogP contribution in [-0.4, -0.2) is 14.2 Å². The number of aryl methyl sites for hydroxylation is 2. The zero-order valence-corrected chi connectivity index (χ0v) is 13.2. The first-order chi connectivity index (χ1) is 10.2. The summed E-state index contributed by atoms with van der Waals surface area (Å²) in [5, 5.41) is 3.46. The third-order valence-electron chi connectivity index (χ3n) is 3.64. The van der Waals surface area contributed by atoms with Gasteiger partial charge in [0, 0.05) is 18.3 Å². The van der Waals surface area contributed by atoms with Crippen molar-refractivity contribution in [1.82, 2.24) is 0 Å². The van der Waals surface area contributed by atoms with Crippen LogP contribution in [0.2, 0.25) is 0 Å². The molecule has 2 aromatic rings.